The zero-order valence-electron chi connectivity index (χ0n) is 10.3. The lowest BCUT2D eigenvalue weighted by molar-refractivity contribution is 0.586. The fourth-order valence-electron chi connectivity index (χ4n) is 2.01. The third kappa shape index (κ3) is 2.75. The normalized spacial score (nSPS) is 15.0. The maximum Gasteiger partial charge on any atom is 0.170 e. The first-order valence-electron chi connectivity index (χ1n) is 6.38. The summed E-state index contributed by atoms with van der Waals surface area (Å²) in [6.07, 6.45) is 6.14. The molecule has 17 heavy (non-hydrogen) atoms. The molecular weight excluding hydrogens is 217 g/mol. The first kappa shape index (κ1) is 12.3. The van der Waals surface area contributed by atoms with E-state index in [2.05, 4.69) is 16.8 Å². The molecule has 0 atom stereocenters. The molecule has 0 bridgehead atoms. The Morgan fingerprint density at radius 2 is 2.29 bits per heavy atom. The minimum absolute atomic E-state index is 0.230. The van der Waals surface area contributed by atoms with Gasteiger partial charge in [0.05, 0.1) is 0 Å². The molecule has 1 fully saturated rings. The zero-order valence-corrected chi connectivity index (χ0v) is 10.3. The summed E-state index contributed by atoms with van der Waals surface area (Å²) in [5.41, 5.74) is 6.08. The highest BCUT2D eigenvalue weighted by atomic mass is 19.1. The molecule has 2 N–H and O–H groups in total. The standard InChI is InChI=1S/C13H20FN3/c1-2-3-8-17(11-4-5-11)13-12(14)10(9-15)6-7-16-13/h6-7,11H,2-5,8-9,15H2,1H3. The minimum atomic E-state index is -0.238. The van der Waals surface area contributed by atoms with Crippen LogP contribution in [0, 0.1) is 5.82 Å². The lowest BCUT2D eigenvalue weighted by Gasteiger charge is -2.24. The first-order chi connectivity index (χ1) is 8.27. The summed E-state index contributed by atoms with van der Waals surface area (Å²) in [6.45, 7) is 3.26. The van der Waals surface area contributed by atoms with Gasteiger partial charge in [-0.25, -0.2) is 9.37 Å². The van der Waals surface area contributed by atoms with Gasteiger partial charge in [-0.15, -0.1) is 0 Å². The lowest BCUT2D eigenvalue weighted by atomic mass is 10.2. The third-order valence-electron chi connectivity index (χ3n) is 3.18. The predicted molar refractivity (Wildman–Crippen MR) is 67.4 cm³/mol. The Balaban J connectivity index is 2.22. The van der Waals surface area contributed by atoms with Crippen LogP contribution in [0.4, 0.5) is 10.2 Å². The molecule has 0 amide bonds. The van der Waals surface area contributed by atoms with Gasteiger partial charge in [0.2, 0.25) is 0 Å². The molecule has 0 unspecified atom stereocenters. The fraction of sp³-hybridized carbons (Fsp3) is 0.615. The van der Waals surface area contributed by atoms with Crippen LogP contribution < -0.4 is 10.6 Å². The van der Waals surface area contributed by atoms with Gasteiger partial charge < -0.3 is 10.6 Å². The van der Waals surface area contributed by atoms with E-state index >= 15 is 0 Å². The van der Waals surface area contributed by atoms with E-state index in [0.29, 0.717) is 17.4 Å². The van der Waals surface area contributed by atoms with Gasteiger partial charge in [-0.05, 0) is 25.3 Å². The predicted octanol–water partition coefficient (Wildman–Crippen LogP) is 2.45. The molecule has 1 aliphatic rings. The average molecular weight is 237 g/mol. The summed E-state index contributed by atoms with van der Waals surface area (Å²) in [5, 5.41) is 0. The maximum atomic E-state index is 14.2. The lowest BCUT2D eigenvalue weighted by Crippen LogP contribution is -2.29. The van der Waals surface area contributed by atoms with Crippen LogP contribution in [0.1, 0.15) is 38.2 Å². The molecule has 1 heterocycles. The van der Waals surface area contributed by atoms with Crippen LogP contribution in [0.3, 0.4) is 0 Å². The highest BCUT2D eigenvalue weighted by Crippen LogP contribution is 2.32. The number of nitrogens with two attached hydrogens (primary N) is 1. The second kappa shape index (κ2) is 5.45. The van der Waals surface area contributed by atoms with E-state index in [0.717, 1.165) is 32.2 Å². The molecule has 3 nitrogen and oxygen atoms in total. The molecule has 4 heteroatoms. The van der Waals surface area contributed by atoms with Crippen LogP contribution in [0.5, 0.6) is 0 Å². The highest BCUT2D eigenvalue weighted by molar-refractivity contribution is 5.45. The van der Waals surface area contributed by atoms with E-state index in [1.807, 2.05) is 0 Å². The van der Waals surface area contributed by atoms with Crippen LogP contribution in [-0.2, 0) is 6.54 Å². The largest absolute Gasteiger partial charge is 0.351 e. The Bertz CT molecular complexity index is 377. The van der Waals surface area contributed by atoms with Crippen LogP contribution in [0.2, 0.25) is 0 Å². The van der Waals surface area contributed by atoms with Crippen LogP contribution in [-0.4, -0.2) is 17.6 Å². The number of halogens is 1. The molecule has 1 aromatic heterocycles. The Labute approximate surface area is 102 Å². The van der Waals surface area contributed by atoms with Crippen molar-refractivity contribution in [1.82, 2.24) is 4.98 Å². The molecule has 1 aliphatic carbocycles. The van der Waals surface area contributed by atoms with E-state index in [1.54, 1.807) is 12.3 Å². The molecule has 0 radical (unpaired) electrons. The van der Waals surface area contributed by atoms with Crippen LogP contribution in [0.25, 0.3) is 0 Å². The molecule has 0 saturated heterocycles. The topological polar surface area (TPSA) is 42.2 Å². The molecule has 0 spiro atoms. The Kier molecular flexibility index (Phi) is 3.94. The van der Waals surface area contributed by atoms with Crippen LogP contribution in [0.15, 0.2) is 12.3 Å². The number of anilines is 1. The average Bonchev–Trinajstić information content (AvgIpc) is 3.16. The number of hydrogen-bond donors (Lipinski definition) is 1. The first-order valence-corrected chi connectivity index (χ1v) is 6.38. The highest BCUT2D eigenvalue weighted by Gasteiger charge is 2.31. The van der Waals surface area contributed by atoms with Crippen molar-refractivity contribution in [3.05, 3.63) is 23.6 Å². The molecule has 0 aliphatic heterocycles. The summed E-state index contributed by atoms with van der Waals surface area (Å²) < 4.78 is 14.2. The quantitative estimate of drug-likeness (QED) is 0.826. The smallest absolute Gasteiger partial charge is 0.170 e. The molecule has 0 aromatic carbocycles. The maximum absolute atomic E-state index is 14.2. The summed E-state index contributed by atoms with van der Waals surface area (Å²) in [6, 6.07) is 2.14. The molecule has 1 saturated carbocycles. The summed E-state index contributed by atoms with van der Waals surface area (Å²) in [5.74, 6) is 0.252. The van der Waals surface area contributed by atoms with Crippen molar-refractivity contribution in [3.63, 3.8) is 0 Å². The second-order valence-electron chi connectivity index (χ2n) is 4.59. The van der Waals surface area contributed by atoms with Gasteiger partial charge in [0.1, 0.15) is 0 Å². The van der Waals surface area contributed by atoms with Crippen molar-refractivity contribution >= 4 is 5.82 Å². The Morgan fingerprint density at radius 3 is 2.88 bits per heavy atom. The molecule has 2 rings (SSSR count). The third-order valence-corrected chi connectivity index (χ3v) is 3.18. The Hall–Kier alpha value is -1.16. The van der Waals surface area contributed by atoms with Gasteiger partial charge in [-0.3, -0.25) is 0 Å². The van der Waals surface area contributed by atoms with Gasteiger partial charge in [0.25, 0.3) is 0 Å². The number of nitrogens with zero attached hydrogens (tertiary/aromatic N) is 2. The number of unbranched alkanes of at least 4 members (excludes halogenated alkanes) is 1. The van der Waals surface area contributed by atoms with Crippen molar-refractivity contribution < 1.29 is 4.39 Å². The van der Waals surface area contributed by atoms with Gasteiger partial charge in [0.15, 0.2) is 11.6 Å². The van der Waals surface area contributed by atoms with Gasteiger partial charge in [-0.2, -0.15) is 0 Å². The molecule has 1 aromatic rings. The van der Waals surface area contributed by atoms with Crippen molar-refractivity contribution in [1.29, 1.82) is 0 Å². The second-order valence-corrected chi connectivity index (χ2v) is 4.59. The van der Waals surface area contributed by atoms with Gasteiger partial charge in [-0.1, -0.05) is 13.3 Å². The van der Waals surface area contributed by atoms with E-state index in [4.69, 9.17) is 5.73 Å². The SMILES string of the molecule is CCCCN(c1nccc(CN)c1F)C1CC1. The zero-order chi connectivity index (χ0) is 12.3. The van der Waals surface area contributed by atoms with Crippen molar-refractivity contribution in [3.8, 4) is 0 Å². The number of pyridine rings is 1. The van der Waals surface area contributed by atoms with E-state index in [-0.39, 0.29) is 12.4 Å². The number of aromatic nitrogens is 1. The molecule has 94 valence electrons. The van der Waals surface area contributed by atoms with Crippen LogP contribution >= 0.6 is 0 Å². The number of rotatable bonds is 6. The van der Waals surface area contributed by atoms with Gasteiger partial charge >= 0.3 is 0 Å². The monoisotopic (exact) mass is 237 g/mol. The minimum Gasteiger partial charge on any atom is -0.351 e. The summed E-state index contributed by atoms with van der Waals surface area (Å²) in [4.78, 5) is 6.31. The van der Waals surface area contributed by atoms with Gasteiger partial charge in [0, 0.05) is 30.9 Å². The number of hydrogen-bond acceptors (Lipinski definition) is 3. The fourth-order valence-corrected chi connectivity index (χ4v) is 2.01. The van der Waals surface area contributed by atoms with Crippen molar-refractivity contribution in [2.75, 3.05) is 11.4 Å². The Morgan fingerprint density at radius 1 is 1.53 bits per heavy atom. The van der Waals surface area contributed by atoms with E-state index < -0.39 is 0 Å². The summed E-state index contributed by atoms with van der Waals surface area (Å²) >= 11 is 0. The van der Waals surface area contributed by atoms with E-state index in [9.17, 15) is 4.39 Å². The van der Waals surface area contributed by atoms with E-state index in [1.165, 1.54) is 0 Å². The van der Waals surface area contributed by atoms with Crippen molar-refractivity contribution in [2.45, 2.75) is 45.2 Å². The molecular formula is C13H20FN3. The summed E-state index contributed by atoms with van der Waals surface area (Å²) in [7, 11) is 0. The van der Waals surface area contributed by atoms with Crippen molar-refractivity contribution in [2.24, 2.45) is 5.73 Å².